The highest BCUT2D eigenvalue weighted by Gasteiger charge is 2.38. The Bertz CT molecular complexity index is 382. The van der Waals surface area contributed by atoms with Crippen molar-refractivity contribution in [1.82, 2.24) is 14.8 Å². The zero-order valence-electron chi connectivity index (χ0n) is 9.81. The molecule has 0 aliphatic heterocycles. The average molecular weight is 284 g/mol. The van der Waals surface area contributed by atoms with Gasteiger partial charge in [-0.3, -0.25) is 0 Å². The summed E-state index contributed by atoms with van der Waals surface area (Å²) in [6, 6.07) is 0. The molecular weight excluding hydrogens is 269 g/mol. The Morgan fingerprint density at radius 1 is 1.44 bits per heavy atom. The number of halogens is 3. The Balaban J connectivity index is 2.70. The normalized spacial score (nSPS) is 13.9. The highest BCUT2D eigenvalue weighted by atomic mass is 32.2. The van der Waals surface area contributed by atoms with Crippen LogP contribution >= 0.6 is 11.8 Å². The molecule has 18 heavy (non-hydrogen) atoms. The van der Waals surface area contributed by atoms with Gasteiger partial charge in [0.05, 0.1) is 6.54 Å². The van der Waals surface area contributed by atoms with E-state index in [1.165, 1.54) is 0 Å². The van der Waals surface area contributed by atoms with Gasteiger partial charge in [0.2, 0.25) is 0 Å². The third-order valence-corrected chi connectivity index (χ3v) is 3.21. The number of aliphatic hydroxyl groups is 1. The predicted molar refractivity (Wildman–Crippen MR) is 61.0 cm³/mol. The zero-order valence-corrected chi connectivity index (χ0v) is 10.6. The fraction of sp³-hybridized carbons (Fsp3) is 0.778. The van der Waals surface area contributed by atoms with Crippen LogP contribution < -0.4 is 5.73 Å². The number of alkyl halides is 3. The summed E-state index contributed by atoms with van der Waals surface area (Å²) < 4.78 is 38.1. The number of thioether (sulfide) groups is 1. The van der Waals surface area contributed by atoms with E-state index >= 15 is 0 Å². The summed E-state index contributed by atoms with van der Waals surface area (Å²) in [6.45, 7) is 2.69. The Kier molecular flexibility index (Phi) is 5.42. The molecule has 0 aliphatic carbocycles. The summed E-state index contributed by atoms with van der Waals surface area (Å²) in [4.78, 5) is 0. The summed E-state index contributed by atoms with van der Waals surface area (Å²) in [7, 11) is 0. The number of nitrogens with two attached hydrogens (primary N) is 1. The first-order valence-corrected chi connectivity index (χ1v) is 6.38. The third kappa shape index (κ3) is 3.85. The van der Waals surface area contributed by atoms with Crippen LogP contribution in [0.25, 0.3) is 0 Å². The second-order valence-corrected chi connectivity index (χ2v) is 4.61. The fourth-order valence-corrected chi connectivity index (χ4v) is 2.22. The Labute approximate surface area is 107 Å². The minimum Gasteiger partial charge on any atom is -0.383 e. The summed E-state index contributed by atoms with van der Waals surface area (Å²) in [5, 5.41) is 16.8. The second-order valence-electron chi connectivity index (χ2n) is 3.62. The van der Waals surface area contributed by atoms with Crippen molar-refractivity contribution in [2.75, 3.05) is 5.75 Å². The molecule has 1 aromatic rings. The molecule has 1 unspecified atom stereocenters. The number of nitrogens with zero attached hydrogens (tertiary/aromatic N) is 3. The van der Waals surface area contributed by atoms with Crippen molar-refractivity contribution in [1.29, 1.82) is 0 Å². The largest absolute Gasteiger partial charge is 0.415 e. The molecule has 9 heteroatoms. The van der Waals surface area contributed by atoms with Crippen molar-refractivity contribution in [2.24, 2.45) is 5.73 Å². The highest BCUT2D eigenvalue weighted by molar-refractivity contribution is 7.99. The molecule has 104 valence electrons. The molecule has 0 radical (unpaired) electrons. The molecule has 1 rings (SSSR count). The van der Waals surface area contributed by atoms with E-state index in [4.69, 9.17) is 10.8 Å². The van der Waals surface area contributed by atoms with Gasteiger partial charge in [-0.15, -0.1) is 10.2 Å². The van der Waals surface area contributed by atoms with Gasteiger partial charge in [-0.1, -0.05) is 18.7 Å². The standard InChI is InChI=1S/C9H15F3N4OS/c1-2-3-16-7(4-13)14-15-8(16)18-5-6(17)9(10,11)12/h6,17H,2-5,13H2,1H3. The van der Waals surface area contributed by atoms with Gasteiger partial charge in [-0.05, 0) is 6.42 Å². The fourth-order valence-electron chi connectivity index (χ4n) is 1.27. The summed E-state index contributed by atoms with van der Waals surface area (Å²) in [5.41, 5.74) is 5.46. The zero-order chi connectivity index (χ0) is 13.8. The van der Waals surface area contributed by atoms with E-state index in [0.29, 0.717) is 17.5 Å². The van der Waals surface area contributed by atoms with Crippen molar-refractivity contribution < 1.29 is 18.3 Å². The molecule has 5 nitrogen and oxygen atoms in total. The van der Waals surface area contributed by atoms with E-state index in [9.17, 15) is 13.2 Å². The first kappa shape index (κ1) is 15.3. The molecule has 0 aromatic carbocycles. The predicted octanol–water partition coefficient (Wildman–Crippen LogP) is 1.16. The lowest BCUT2D eigenvalue weighted by molar-refractivity contribution is -0.195. The van der Waals surface area contributed by atoms with Crippen LogP contribution in [0.15, 0.2) is 5.16 Å². The number of aromatic nitrogens is 3. The SMILES string of the molecule is CCCn1c(CN)nnc1SCC(O)C(F)(F)F. The highest BCUT2D eigenvalue weighted by Crippen LogP contribution is 2.26. The molecule has 0 amide bonds. The number of hydrogen-bond donors (Lipinski definition) is 2. The molecule has 0 fully saturated rings. The maximum atomic E-state index is 12.1. The van der Waals surface area contributed by atoms with Crippen LogP contribution in [-0.2, 0) is 13.1 Å². The van der Waals surface area contributed by atoms with Gasteiger partial charge < -0.3 is 15.4 Å². The molecule has 1 aromatic heterocycles. The van der Waals surface area contributed by atoms with E-state index in [1.807, 2.05) is 6.92 Å². The average Bonchev–Trinajstić information content (AvgIpc) is 2.67. The van der Waals surface area contributed by atoms with Gasteiger partial charge in [-0.2, -0.15) is 13.2 Å². The smallest absolute Gasteiger partial charge is 0.383 e. The lowest BCUT2D eigenvalue weighted by Crippen LogP contribution is -2.30. The van der Waals surface area contributed by atoms with Gasteiger partial charge in [0, 0.05) is 12.3 Å². The van der Waals surface area contributed by atoms with Crippen molar-refractivity contribution in [3.8, 4) is 0 Å². The maximum Gasteiger partial charge on any atom is 0.415 e. The van der Waals surface area contributed by atoms with Crippen LogP contribution in [0.3, 0.4) is 0 Å². The Hall–Kier alpha value is -0.800. The van der Waals surface area contributed by atoms with Gasteiger partial charge in [0.25, 0.3) is 0 Å². The third-order valence-electron chi connectivity index (χ3n) is 2.17. The molecular formula is C9H15F3N4OS. The van der Waals surface area contributed by atoms with Gasteiger partial charge in [0.1, 0.15) is 5.82 Å². The monoisotopic (exact) mass is 284 g/mol. The molecule has 0 spiro atoms. The molecule has 1 heterocycles. The Morgan fingerprint density at radius 2 is 2.11 bits per heavy atom. The first-order valence-electron chi connectivity index (χ1n) is 5.39. The van der Waals surface area contributed by atoms with Crippen molar-refractivity contribution in [3.05, 3.63) is 5.82 Å². The van der Waals surface area contributed by atoms with Crippen molar-refractivity contribution in [2.45, 2.75) is 43.9 Å². The maximum absolute atomic E-state index is 12.1. The van der Waals surface area contributed by atoms with E-state index in [2.05, 4.69) is 10.2 Å². The summed E-state index contributed by atoms with van der Waals surface area (Å²) in [6.07, 6.45) is -6.18. The lowest BCUT2D eigenvalue weighted by Gasteiger charge is -2.14. The van der Waals surface area contributed by atoms with Crippen molar-refractivity contribution in [3.63, 3.8) is 0 Å². The first-order chi connectivity index (χ1) is 8.40. The summed E-state index contributed by atoms with van der Waals surface area (Å²) in [5.74, 6) is 0.0245. The minimum absolute atomic E-state index is 0.176. The van der Waals surface area contributed by atoms with E-state index in [-0.39, 0.29) is 6.54 Å². The molecule has 3 N–H and O–H groups in total. The van der Waals surface area contributed by atoms with Crippen LogP contribution in [0.2, 0.25) is 0 Å². The minimum atomic E-state index is -4.61. The van der Waals surface area contributed by atoms with E-state index in [0.717, 1.165) is 18.2 Å². The molecule has 1 atom stereocenters. The van der Waals surface area contributed by atoms with Gasteiger partial charge in [0.15, 0.2) is 11.3 Å². The second kappa shape index (κ2) is 6.39. The number of aliphatic hydroxyl groups excluding tert-OH is 1. The van der Waals surface area contributed by atoms with Crippen LogP contribution in [0.4, 0.5) is 13.2 Å². The Morgan fingerprint density at radius 3 is 2.61 bits per heavy atom. The van der Waals surface area contributed by atoms with Gasteiger partial charge >= 0.3 is 6.18 Å². The van der Waals surface area contributed by atoms with Crippen LogP contribution in [-0.4, -0.2) is 37.9 Å². The van der Waals surface area contributed by atoms with Crippen LogP contribution in [0.1, 0.15) is 19.2 Å². The topological polar surface area (TPSA) is 77.0 Å². The van der Waals surface area contributed by atoms with Gasteiger partial charge in [-0.25, -0.2) is 0 Å². The van der Waals surface area contributed by atoms with Crippen LogP contribution in [0.5, 0.6) is 0 Å². The summed E-state index contributed by atoms with van der Waals surface area (Å²) >= 11 is 0.822. The molecule has 0 saturated carbocycles. The van der Waals surface area contributed by atoms with E-state index in [1.54, 1.807) is 4.57 Å². The lowest BCUT2D eigenvalue weighted by atomic mass is 10.4. The van der Waals surface area contributed by atoms with Crippen molar-refractivity contribution >= 4 is 11.8 Å². The quantitative estimate of drug-likeness (QED) is 0.767. The van der Waals surface area contributed by atoms with Crippen LogP contribution in [0, 0.1) is 0 Å². The van der Waals surface area contributed by atoms with E-state index < -0.39 is 18.0 Å². The molecule has 0 bridgehead atoms. The number of hydrogen-bond acceptors (Lipinski definition) is 5. The molecule has 0 saturated heterocycles. The number of rotatable bonds is 6. The molecule has 0 aliphatic rings.